The van der Waals surface area contributed by atoms with Gasteiger partial charge in [-0.25, -0.2) is 15.2 Å². The average Bonchev–Trinajstić information content (AvgIpc) is 3.08. The summed E-state index contributed by atoms with van der Waals surface area (Å²) in [5, 5.41) is 3.93. The van der Waals surface area contributed by atoms with Gasteiger partial charge in [0.05, 0.1) is 19.7 Å². The van der Waals surface area contributed by atoms with E-state index in [1.54, 1.807) is 12.1 Å². The molecule has 0 aliphatic heterocycles. The Kier molecular flexibility index (Phi) is 5.45. The number of nitrogens with one attached hydrogen (secondary N) is 1. The number of ether oxygens (including phenoxy) is 1. The molecule has 146 valence electrons. The molecule has 0 spiro atoms. The van der Waals surface area contributed by atoms with Crippen LogP contribution in [0.25, 0.3) is 11.2 Å². The number of hydrogen-bond acceptors (Lipinski definition) is 6. The van der Waals surface area contributed by atoms with E-state index in [2.05, 4.69) is 31.4 Å². The topological polar surface area (TPSA) is 113 Å². The maximum atomic E-state index is 12.2. The summed E-state index contributed by atoms with van der Waals surface area (Å²) in [6.07, 6.45) is 2.80. The number of hydrazone groups is 1. The molecule has 0 bridgehead atoms. The highest BCUT2D eigenvalue weighted by atomic mass is 79.9. The van der Waals surface area contributed by atoms with Crippen LogP contribution in [0.3, 0.4) is 0 Å². The Balaban J connectivity index is 1.80. The van der Waals surface area contributed by atoms with E-state index < -0.39 is 17.2 Å². The first kappa shape index (κ1) is 19.5. The van der Waals surface area contributed by atoms with Gasteiger partial charge in [0.25, 0.3) is 11.5 Å². The van der Waals surface area contributed by atoms with Crippen molar-refractivity contribution in [1.29, 1.82) is 0 Å². The van der Waals surface area contributed by atoms with E-state index in [0.717, 1.165) is 9.04 Å². The zero-order chi connectivity index (χ0) is 20.4. The van der Waals surface area contributed by atoms with Crippen LogP contribution in [0.2, 0.25) is 0 Å². The van der Waals surface area contributed by atoms with Gasteiger partial charge in [-0.15, -0.1) is 0 Å². The van der Waals surface area contributed by atoms with E-state index >= 15 is 0 Å². The lowest BCUT2D eigenvalue weighted by Gasteiger charge is -2.08. The molecule has 3 rings (SSSR count). The minimum atomic E-state index is -0.517. The molecule has 28 heavy (non-hydrogen) atoms. The first-order valence-corrected chi connectivity index (χ1v) is 8.89. The van der Waals surface area contributed by atoms with Crippen LogP contribution in [0, 0.1) is 0 Å². The third kappa shape index (κ3) is 3.60. The van der Waals surface area contributed by atoms with Crippen LogP contribution < -0.4 is 21.4 Å². The fourth-order valence-electron chi connectivity index (χ4n) is 2.73. The van der Waals surface area contributed by atoms with E-state index in [1.165, 1.54) is 42.9 Å². The van der Waals surface area contributed by atoms with Gasteiger partial charge < -0.3 is 9.30 Å². The lowest BCUT2D eigenvalue weighted by atomic mass is 10.2. The largest absolute Gasteiger partial charge is 0.496 e. The van der Waals surface area contributed by atoms with Crippen LogP contribution in [0.1, 0.15) is 5.56 Å². The van der Waals surface area contributed by atoms with Crippen molar-refractivity contribution in [2.24, 2.45) is 19.2 Å². The molecule has 0 atom stereocenters. The summed E-state index contributed by atoms with van der Waals surface area (Å²) in [6.45, 7) is -0.163. The van der Waals surface area contributed by atoms with Gasteiger partial charge in [0.2, 0.25) is 0 Å². The number of nitrogens with zero attached hydrogens (tertiary/aromatic N) is 5. The van der Waals surface area contributed by atoms with Crippen LogP contribution in [0.15, 0.2) is 43.7 Å². The van der Waals surface area contributed by atoms with Crippen molar-refractivity contribution in [1.82, 2.24) is 24.1 Å². The number of methoxy groups -OCH3 is 1. The maximum Gasteiger partial charge on any atom is 0.332 e. The first-order valence-electron chi connectivity index (χ1n) is 8.09. The van der Waals surface area contributed by atoms with Gasteiger partial charge in [-0.3, -0.25) is 18.7 Å². The molecule has 2 heterocycles. The Labute approximate surface area is 167 Å². The fourth-order valence-corrected chi connectivity index (χ4v) is 3.10. The molecule has 3 aromatic rings. The number of fused-ring (bicyclic) bond motifs is 1. The minimum Gasteiger partial charge on any atom is -0.496 e. The van der Waals surface area contributed by atoms with Crippen molar-refractivity contribution in [2.75, 3.05) is 7.11 Å². The van der Waals surface area contributed by atoms with Gasteiger partial charge in [0.1, 0.15) is 17.9 Å². The molecule has 0 aliphatic carbocycles. The molecule has 0 aliphatic rings. The maximum absolute atomic E-state index is 12.2. The van der Waals surface area contributed by atoms with Crippen molar-refractivity contribution < 1.29 is 9.53 Å². The molecule has 2 aromatic heterocycles. The molecule has 1 aromatic carbocycles. The number of aromatic nitrogens is 4. The zero-order valence-electron chi connectivity index (χ0n) is 15.3. The van der Waals surface area contributed by atoms with E-state index in [0.29, 0.717) is 11.3 Å². The normalized spacial score (nSPS) is 11.3. The smallest absolute Gasteiger partial charge is 0.332 e. The Morgan fingerprint density at radius 2 is 2.07 bits per heavy atom. The van der Waals surface area contributed by atoms with Crippen LogP contribution in [-0.4, -0.2) is 37.9 Å². The van der Waals surface area contributed by atoms with Gasteiger partial charge in [0.15, 0.2) is 5.52 Å². The van der Waals surface area contributed by atoms with Crippen LogP contribution >= 0.6 is 15.9 Å². The second-order valence-electron chi connectivity index (χ2n) is 5.93. The highest BCUT2D eigenvalue weighted by Crippen LogP contribution is 2.21. The Morgan fingerprint density at radius 3 is 2.79 bits per heavy atom. The predicted molar refractivity (Wildman–Crippen MR) is 107 cm³/mol. The molecule has 10 nitrogen and oxygen atoms in total. The highest BCUT2D eigenvalue weighted by molar-refractivity contribution is 9.10. The summed E-state index contributed by atoms with van der Waals surface area (Å²) >= 11 is 3.36. The zero-order valence-corrected chi connectivity index (χ0v) is 16.9. The van der Waals surface area contributed by atoms with Crippen molar-refractivity contribution in [3.63, 3.8) is 0 Å². The van der Waals surface area contributed by atoms with E-state index in [4.69, 9.17) is 4.74 Å². The van der Waals surface area contributed by atoms with Gasteiger partial charge in [0, 0.05) is 24.1 Å². The second-order valence-corrected chi connectivity index (χ2v) is 6.85. The number of benzene rings is 1. The van der Waals surface area contributed by atoms with E-state index in [1.807, 2.05) is 6.07 Å². The third-order valence-electron chi connectivity index (χ3n) is 4.11. The van der Waals surface area contributed by atoms with Crippen molar-refractivity contribution >= 4 is 39.2 Å². The number of imidazole rings is 1. The minimum absolute atomic E-state index is 0.111. The van der Waals surface area contributed by atoms with Crippen molar-refractivity contribution in [3.05, 3.63) is 55.4 Å². The summed E-state index contributed by atoms with van der Waals surface area (Å²) in [7, 11) is 4.43. The molecule has 0 radical (unpaired) electrons. The van der Waals surface area contributed by atoms with Gasteiger partial charge in [-0.1, -0.05) is 15.9 Å². The van der Waals surface area contributed by atoms with Gasteiger partial charge in [-0.2, -0.15) is 5.10 Å². The summed E-state index contributed by atoms with van der Waals surface area (Å²) in [5.41, 5.74) is 2.44. The van der Waals surface area contributed by atoms with E-state index in [9.17, 15) is 14.4 Å². The molecule has 0 saturated carbocycles. The standard InChI is InChI=1S/C17H17BrN6O4/c1-22-15-14(16(26)23(2)17(22)27)19-9-24(15)8-13(25)21-20-7-10-6-11(18)4-5-12(10)28-3/h4-7,9H,8H2,1-3H3,(H,21,25)/b20-7-. The molecule has 0 fully saturated rings. The first-order chi connectivity index (χ1) is 13.3. The van der Waals surface area contributed by atoms with Crippen LogP contribution in [-0.2, 0) is 25.4 Å². The van der Waals surface area contributed by atoms with Crippen LogP contribution in [0.4, 0.5) is 0 Å². The van der Waals surface area contributed by atoms with Gasteiger partial charge in [-0.05, 0) is 18.2 Å². The molecule has 1 N–H and O–H groups in total. The second kappa shape index (κ2) is 7.80. The molecular formula is C17H17BrN6O4. The Hall–Kier alpha value is -3.21. The number of amides is 1. The van der Waals surface area contributed by atoms with Crippen molar-refractivity contribution in [3.8, 4) is 5.75 Å². The van der Waals surface area contributed by atoms with Gasteiger partial charge >= 0.3 is 5.69 Å². The fraction of sp³-hybridized carbons (Fsp3) is 0.235. The number of hydrogen-bond donors (Lipinski definition) is 1. The lowest BCUT2D eigenvalue weighted by molar-refractivity contribution is -0.121. The quantitative estimate of drug-likeness (QED) is 0.447. The number of rotatable bonds is 5. The molecule has 1 amide bonds. The Morgan fingerprint density at radius 1 is 1.32 bits per heavy atom. The van der Waals surface area contributed by atoms with Crippen LogP contribution in [0.5, 0.6) is 5.75 Å². The predicted octanol–water partition coefficient (Wildman–Crippen LogP) is 0.355. The lowest BCUT2D eigenvalue weighted by Crippen LogP contribution is -2.37. The molecule has 11 heteroatoms. The number of aryl methyl sites for hydroxylation is 1. The summed E-state index contributed by atoms with van der Waals surface area (Å²) < 4.78 is 9.73. The molecule has 0 saturated heterocycles. The van der Waals surface area contributed by atoms with Crippen molar-refractivity contribution in [2.45, 2.75) is 6.54 Å². The number of halogens is 1. The number of carbonyl (C=O) groups is 1. The summed E-state index contributed by atoms with van der Waals surface area (Å²) in [5.74, 6) is 0.158. The summed E-state index contributed by atoms with van der Waals surface area (Å²) in [6, 6.07) is 5.39. The molecular weight excluding hydrogens is 432 g/mol. The highest BCUT2D eigenvalue weighted by Gasteiger charge is 2.15. The third-order valence-corrected chi connectivity index (χ3v) is 4.60. The summed E-state index contributed by atoms with van der Waals surface area (Å²) in [4.78, 5) is 40.5. The Bertz CT molecular complexity index is 1210. The SMILES string of the molecule is COc1ccc(Br)cc1/C=N\NC(=O)Cn1cnc2c(=O)n(C)c(=O)n(C)c21. The monoisotopic (exact) mass is 448 g/mol. The average molecular weight is 449 g/mol. The number of carbonyl (C=O) groups excluding carboxylic acids is 1. The van der Waals surface area contributed by atoms with E-state index in [-0.39, 0.29) is 17.7 Å². The molecule has 0 unspecified atom stereocenters.